The Morgan fingerprint density at radius 2 is 1.48 bits per heavy atom. The molecule has 0 radical (unpaired) electrons. The number of rotatable bonds is 3. The molecule has 2 aliphatic heterocycles. The number of nitrogens with zero attached hydrogens (tertiary/aromatic N) is 1. The average molecular weight is 413 g/mol. The molecule has 31 heavy (non-hydrogen) atoms. The predicted octanol–water partition coefficient (Wildman–Crippen LogP) is 4.44. The largest absolute Gasteiger partial charge is 0.457 e. The molecule has 0 fully saturated rings. The van der Waals surface area contributed by atoms with Crippen molar-refractivity contribution < 1.29 is 19.1 Å². The first-order valence-electron chi connectivity index (χ1n) is 10.5. The normalized spacial score (nSPS) is 15.7. The molecule has 0 N–H and O–H groups in total. The summed E-state index contributed by atoms with van der Waals surface area (Å²) in [4.78, 5) is 28.1. The SMILES string of the molecule is C[C@H](OC(=O)C1c2ccccc2Oc2ccccc21)C(=O)N1CCc2ccccc2C1. The molecule has 0 unspecified atom stereocenters. The molecule has 0 aliphatic carbocycles. The van der Waals surface area contributed by atoms with Crippen molar-refractivity contribution >= 4 is 11.9 Å². The summed E-state index contributed by atoms with van der Waals surface area (Å²) in [5.41, 5.74) is 3.91. The fraction of sp³-hybridized carbons (Fsp3) is 0.231. The lowest BCUT2D eigenvalue weighted by Crippen LogP contribution is -2.43. The summed E-state index contributed by atoms with van der Waals surface area (Å²) in [6, 6.07) is 23.0. The van der Waals surface area contributed by atoms with Gasteiger partial charge in [-0.2, -0.15) is 0 Å². The van der Waals surface area contributed by atoms with Crippen molar-refractivity contribution in [3.8, 4) is 11.5 Å². The lowest BCUT2D eigenvalue weighted by atomic mass is 9.88. The number of hydrogen-bond acceptors (Lipinski definition) is 4. The quantitative estimate of drug-likeness (QED) is 0.596. The second kappa shape index (κ2) is 7.91. The molecule has 1 atom stereocenters. The molecule has 0 saturated carbocycles. The van der Waals surface area contributed by atoms with E-state index < -0.39 is 18.0 Å². The number of benzene rings is 3. The highest BCUT2D eigenvalue weighted by molar-refractivity contribution is 5.89. The van der Waals surface area contributed by atoms with E-state index in [4.69, 9.17) is 9.47 Å². The fourth-order valence-corrected chi connectivity index (χ4v) is 4.40. The molecule has 3 aromatic rings. The Morgan fingerprint density at radius 1 is 0.903 bits per heavy atom. The molecule has 3 aromatic carbocycles. The third kappa shape index (κ3) is 3.56. The molecule has 0 bridgehead atoms. The summed E-state index contributed by atoms with van der Waals surface area (Å²) in [6.45, 7) is 2.82. The Labute approximate surface area is 181 Å². The highest BCUT2D eigenvalue weighted by atomic mass is 16.5. The summed E-state index contributed by atoms with van der Waals surface area (Å²) < 4.78 is 11.7. The van der Waals surface area contributed by atoms with Gasteiger partial charge in [0, 0.05) is 24.2 Å². The van der Waals surface area contributed by atoms with Gasteiger partial charge in [-0.25, -0.2) is 0 Å². The average Bonchev–Trinajstić information content (AvgIpc) is 2.81. The molecular formula is C26H23NO4. The van der Waals surface area contributed by atoms with Gasteiger partial charge in [0.15, 0.2) is 6.10 Å². The van der Waals surface area contributed by atoms with Crippen LogP contribution in [0.2, 0.25) is 0 Å². The number of carbonyl (C=O) groups excluding carboxylic acids is 2. The van der Waals surface area contributed by atoms with Crippen LogP contribution in [-0.2, 0) is 27.3 Å². The smallest absolute Gasteiger partial charge is 0.318 e. The minimum absolute atomic E-state index is 0.170. The van der Waals surface area contributed by atoms with Gasteiger partial charge >= 0.3 is 5.97 Å². The Bertz CT molecular complexity index is 1110. The van der Waals surface area contributed by atoms with Gasteiger partial charge in [-0.15, -0.1) is 0 Å². The van der Waals surface area contributed by atoms with Gasteiger partial charge in [-0.3, -0.25) is 9.59 Å². The second-order valence-electron chi connectivity index (χ2n) is 7.97. The van der Waals surface area contributed by atoms with Crippen molar-refractivity contribution in [1.29, 1.82) is 0 Å². The van der Waals surface area contributed by atoms with Crippen LogP contribution in [0.4, 0.5) is 0 Å². The molecule has 0 spiro atoms. The van der Waals surface area contributed by atoms with Gasteiger partial charge in [-0.05, 0) is 36.6 Å². The zero-order valence-corrected chi connectivity index (χ0v) is 17.3. The summed E-state index contributed by atoms with van der Waals surface area (Å²) in [7, 11) is 0. The van der Waals surface area contributed by atoms with E-state index in [1.165, 1.54) is 5.56 Å². The molecule has 156 valence electrons. The molecule has 2 aliphatic rings. The maximum atomic E-state index is 13.3. The van der Waals surface area contributed by atoms with E-state index in [1.807, 2.05) is 66.7 Å². The Morgan fingerprint density at radius 3 is 2.16 bits per heavy atom. The van der Waals surface area contributed by atoms with Crippen LogP contribution in [-0.4, -0.2) is 29.4 Å². The topological polar surface area (TPSA) is 55.8 Å². The van der Waals surface area contributed by atoms with Gasteiger partial charge < -0.3 is 14.4 Å². The summed E-state index contributed by atoms with van der Waals surface area (Å²) >= 11 is 0. The molecule has 1 amide bonds. The number of hydrogen-bond donors (Lipinski definition) is 0. The second-order valence-corrected chi connectivity index (χ2v) is 7.97. The number of amides is 1. The van der Waals surface area contributed by atoms with Crippen molar-refractivity contribution in [1.82, 2.24) is 4.90 Å². The maximum absolute atomic E-state index is 13.3. The molecule has 2 heterocycles. The van der Waals surface area contributed by atoms with Crippen LogP contribution in [0.25, 0.3) is 0 Å². The summed E-state index contributed by atoms with van der Waals surface area (Å²) in [5, 5.41) is 0. The minimum atomic E-state index is -0.861. The third-order valence-electron chi connectivity index (χ3n) is 6.00. The van der Waals surface area contributed by atoms with Gasteiger partial charge in [0.25, 0.3) is 5.91 Å². The standard InChI is InChI=1S/C26H23NO4/c1-17(25(28)27-15-14-18-8-2-3-9-19(18)16-27)30-26(29)24-20-10-4-6-12-22(20)31-23-13-7-5-11-21(23)24/h2-13,17,24H,14-16H2,1H3/t17-/m0/s1. The lowest BCUT2D eigenvalue weighted by Gasteiger charge is -2.32. The number of esters is 1. The molecule has 0 saturated heterocycles. The first kappa shape index (κ1) is 19.4. The lowest BCUT2D eigenvalue weighted by molar-refractivity contribution is -0.160. The van der Waals surface area contributed by atoms with Crippen molar-refractivity contribution in [2.24, 2.45) is 0 Å². The van der Waals surface area contributed by atoms with Crippen molar-refractivity contribution in [2.75, 3.05) is 6.54 Å². The number of ether oxygens (including phenoxy) is 2. The van der Waals surface area contributed by atoms with Gasteiger partial charge in [0.1, 0.15) is 17.4 Å². The van der Waals surface area contributed by atoms with E-state index >= 15 is 0 Å². The number of fused-ring (bicyclic) bond motifs is 3. The van der Waals surface area contributed by atoms with Crippen LogP contribution in [0.1, 0.15) is 35.1 Å². The maximum Gasteiger partial charge on any atom is 0.318 e. The van der Waals surface area contributed by atoms with E-state index in [0.29, 0.717) is 24.6 Å². The van der Waals surface area contributed by atoms with Crippen LogP contribution in [0.15, 0.2) is 72.8 Å². The van der Waals surface area contributed by atoms with E-state index in [2.05, 4.69) is 6.07 Å². The zero-order valence-electron chi connectivity index (χ0n) is 17.3. The molecule has 0 aromatic heterocycles. The Kier molecular flexibility index (Phi) is 4.94. The van der Waals surface area contributed by atoms with E-state index in [0.717, 1.165) is 23.1 Å². The van der Waals surface area contributed by atoms with Crippen LogP contribution < -0.4 is 4.74 Å². The van der Waals surface area contributed by atoms with E-state index in [-0.39, 0.29) is 5.91 Å². The van der Waals surface area contributed by atoms with Gasteiger partial charge in [0.05, 0.1) is 0 Å². The number of para-hydroxylation sites is 2. The van der Waals surface area contributed by atoms with Crippen LogP contribution in [0.3, 0.4) is 0 Å². The Hall–Kier alpha value is -3.60. The monoisotopic (exact) mass is 413 g/mol. The molecule has 5 heteroatoms. The predicted molar refractivity (Wildman–Crippen MR) is 116 cm³/mol. The Balaban J connectivity index is 1.35. The van der Waals surface area contributed by atoms with Gasteiger partial charge in [0.2, 0.25) is 0 Å². The van der Waals surface area contributed by atoms with Crippen LogP contribution in [0, 0.1) is 0 Å². The summed E-state index contributed by atoms with van der Waals surface area (Å²) in [5.74, 6) is 0.0287. The first-order valence-corrected chi connectivity index (χ1v) is 10.5. The van der Waals surface area contributed by atoms with Crippen LogP contribution >= 0.6 is 0 Å². The highest BCUT2D eigenvalue weighted by Crippen LogP contribution is 2.44. The highest BCUT2D eigenvalue weighted by Gasteiger charge is 2.36. The van der Waals surface area contributed by atoms with E-state index in [9.17, 15) is 9.59 Å². The first-order chi connectivity index (χ1) is 15.1. The van der Waals surface area contributed by atoms with E-state index in [1.54, 1.807) is 11.8 Å². The van der Waals surface area contributed by atoms with Crippen molar-refractivity contribution in [2.45, 2.75) is 31.9 Å². The van der Waals surface area contributed by atoms with Crippen LogP contribution in [0.5, 0.6) is 11.5 Å². The molecule has 5 nitrogen and oxygen atoms in total. The van der Waals surface area contributed by atoms with Crippen molar-refractivity contribution in [3.05, 3.63) is 95.1 Å². The molecular weight excluding hydrogens is 390 g/mol. The summed E-state index contributed by atoms with van der Waals surface area (Å²) in [6.07, 6.45) is -0.0524. The zero-order chi connectivity index (χ0) is 21.4. The fourth-order valence-electron chi connectivity index (χ4n) is 4.40. The third-order valence-corrected chi connectivity index (χ3v) is 6.00. The molecule has 5 rings (SSSR count). The number of carbonyl (C=O) groups is 2. The van der Waals surface area contributed by atoms with Crippen molar-refractivity contribution in [3.63, 3.8) is 0 Å². The van der Waals surface area contributed by atoms with Gasteiger partial charge in [-0.1, -0.05) is 60.7 Å². The minimum Gasteiger partial charge on any atom is -0.457 e.